The number of H-pyrrole nitrogens is 1. The fourth-order valence-electron chi connectivity index (χ4n) is 1.63. The van der Waals surface area contributed by atoms with Crippen LogP contribution in [0.1, 0.15) is 17.3 Å². The molecule has 1 aromatic carbocycles. The minimum absolute atomic E-state index is 0.274. The third-order valence-electron chi connectivity index (χ3n) is 2.46. The Morgan fingerprint density at radius 1 is 1.16 bits per heavy atom. The number of hydrogen-bond acceptors (Lipinski definition) is 3. The van der Waals surface area contributed by atoms with Crippen LogP contribution in [0, 0.1) is 11.6 Å². The first kappa shape index (κ1) is 12.9. The molecule has 0 saturated carbocycles. The van der Waals surface area contributed by atoms with Crippen LogP contribution in [-0.2, 0) is 0 Å². The topological polar surface area (TPSA) is 71.9 Å². The number of rotatable bonds is 2. The second-order valence-electron chi connectivity index (χ2n) is 3.83. The average molecular weight is 266 g/mol. The maximum Gasteiger partial charge on any atom is 0.333 e. The van der Waals surface area contributed by atoms with Gasteiger partial charge >= 0.3 is 5.69 Å². The highest BCUT2D eigenvalue weighted by molar-refractivity contribution is 5.93. The van der Waals surface area contributed by atoms with E-state index in [0.29, 0.717) is 10.6 Å². The van der Waals surface area contributed by atoms with Gasteiger partial charge in [0.25, 0.3) is 5.56 Å². The number of carbonyl (C=O) groups excluding carboxylic acids is 1. The van der Waals surface area contributed by atoms with E-state index in [-0.39, 0.29) is 11.3 Å². The van der Waals surface area contributed by atoms with Crippen LogP contribution in [0.5, 0.6) is 0 Å². The summed E-state index contributed by atoms with van der Waals surface area (Å²) in [5.74, 6) is -2.43. The lowest BCUT2D eigenvalue weighted by Gasteiger charge is -2.06. The lowest BCUT2D eigenvalue weighted by molar-refractivity contribution is 0.101. The monoisotopic (exact) mass is 266 g/mol. The van der Waals surface area contributed by atoms with Crippen LogP contribution in [0.25, 0.3) is 5.69 Å². The molecule has 2 rings (SSSR count). The summed E-state index contributed by atoms with van der Waals surface area (Å²) in [7, 11) is 0. The van der Waals surface area contributed by atoms with Crippen molar-refractivity contribution >= 4 is 5.78 Å². The van der Waals surface area contributed by atoms with Crippen LogP contribution in [-0.4, -0.2) is 15.3 Å². The van der Waals surface area contributed by atoms with E-state index < -0.39 is 28.7 Å². The summed E-state index contributed by atoms with van der Waals surface area (Å²) in [6.45, 7) is 1.14. The molecule has 1 heterocycles. The number of Topliss-reactive ketones (excluding diaryl/α,β-unsaturated/α-hetero) is 1. The number of carbonyl (C=O) groups is 1. The molecule has 0 saturated heterocycles. The first-order valence-corrected chi connectivity index (χ1v) is 5.22. The summed E-state index contributed by atoms with van der Waals surface area (Å²) in [6.07, 6.45) is 0.971. The van der Waals surface area contributed by atoms with Gasteiger partial charge in [0.05, 0.1) is 11.3 Å². The van der Waals surface area contributed by atoms with Crippen LogP contribution in [0.15, 0.2) is 34.0 Å². The molecule has 0 aliphatic heterocycles. The minimum Gasteiger partial charge on any atom is -0.313 e. The summed E-state index contributed by atoms with van der Waals surface area (Å²) in [5.41, 5.74) is -2.38. The highest BCUT2D eigenvalue weighted by Gasteiger charge is 2.13. The number of nitrogens with zero attached hydrogens (tertiary/aromatic N) is 1. The van der Waals surface area contributed by atoms with Gasteiger partial charge in [-0.2, -0.15) is 0 Å². The number of aromatic nitrogens is 2. The summed E-state index contributed by atoms with van der Waals surface area (Å²) in [5, 5.41) is 0. The molecule has 0 fully saturated rings. The number of hydrogen-bond donors (Lipinski definition) is 1. The lowest BCUT2D eigenvalue weighted by atomic mass is 10.2. The Morgan fingerprint density at radius 2 is 1.74 bits per heavy atom. The molecule has 98 valence electrons. The molecule has 2 aromatic rings. The van der Waals surface area contributed by atoms with Crippen molar-refractivity contribution in [1.29, 1.82) is 0 Å². The van der Waals surface area contributed by atoms with Crippen molar-refractivity contribution in [3.05, 3.63) is 62.4 Å². The Hall–Kier alpha value is -2.57. The lowest BCUT2D eigenvalue weighted by Crippen LogP contribution is -2.36. The summed E-state index contributed by atoms with van der Waals surface area (Å²) in [6, 6.07) is 2.25. The van der Waals surface area contributed by atoms with Gasteiger partial charge in [0.15, 0.2) is 5.78 Å². The smallest absolute Gasteiger partial charge is 0.313 e. The van der Waals surface area contributed by atoms with Gasteiger partial charge in [0.2, 0.25) is 0 Å². The molecule has 0 aliphatic carbocycles. The Labute approximate surface area is 105 Å². The van der Waals surface area contributed by atoms with Gasteiger partial charge in [-0.05, 0) is 19.1 Å². The first-order chi connectivity index (χ1) is 8.90. The molecule has 0 bridgehead atoms. The Kier molecular flexibility index (Phi) is 3.12. The summed E-state index contributed by atoms with van der Waals surface area (Å²) < 4.78 is 26.7. The van der Waals surface area contributed by atoms with Crippen molar-refractivity contribution in [2.75, 3.05) is 0 Å². The van der Waals surface area contributed by atoms with E-state index in [2.05, 4.69) is 4.98 Å². The molecule has 0 unspecified atom stereocenters. The van der Waals surface area contributed by atoms with Crippen LogP contribution in [0.4, 0.5) is 8.78 Å². The third kappa shape index (κ3) is 2.35. The van der Waals surface area contributed by atoms with Crippen LogP contribution in [0.3, 0.4) is 0 Å². The van der Waals surface area contributed by atoms with Gasteiger partial charge in [0, 0.05) is 12.3 Å². The highest BCUT2D eigenvalue weighted by Crippen LogP contribution is 2.09. The molecular weight excluding hydrogens is 258 g/mol. The molecule has 0 aliphatic rings. The van der Waals surface area contributed by atoms with E-state index in [9.17, 15) is 23.2 Å². The zero-order valence-corrected chi connectivity index (χ0v) is 9.74. The first-order valence-electron chi connectivity index (χ1n) is 5.22. The fraction of sp³-hybridized carbons (Fsp3) is 0.0833. The van der Waals surface area contributed by atoms with Crippen LogP contribution in [0.2, 0.25) is 0 Å². The van der Waals surface area contributed by atoms with Gasteiger partial charge in [0.1, 0.15) is 11.6 Å². The highest BCUT2D eigenvalue weighted by atomic mass is 19.1. The van der Waals surface area contributed by atoms with Crippen molar-refractivity contribution in [2.24, 2.45) is 0 Å². The van der Waals surface area contributed by atoms with Crippen molar-refractivity contribution in [3.8, 4) is 5.69 Å². The molecule has 0 amide bonds. The predicted octanol–water partition coefficient (Wildman–Crippen LogP) is 1.01. The number of aromatic amines is 1. The van der Waals surface area contributed by atoms with Crippen molar-refractivity contribution in [1.82, 2.24) is 9.55 Å². The zero-order valence-electron chi connectivity index (χ0n) is 9.74. The minimum atomic E-state index is -0.936. The van der Waals surface area contributed by atoms with E-state index >= 15 is 0 Å². The maximum absolute atomic E-state index is 13.1. The van der Waals surface area contributed by atoms with Gasteiger partial charge in [-0.1, -0.05) is 0 Å². The average Bonchev–Trinajstić information content (AvgIpc) is 2.26. The van der Waals surface area contributed by atoms with E-state index in [1.807, 2.05) is 0 Å². The maximum atomic E-state index is 13.1. The Balaban J connectivity index is 2.82. The zero-order chi connectivity index (χ0) is 14.2. The number of benzene rings is 1. The Bertz CT molecular complexity index is 757. The fourth-order valence-corrected chi connectivity index (χ4v) is 1.63. The number of ketones is 1. The molecule has 5 nitrogen and oxygen atoms in total. The normalized spacial score (nSPS) is 10.5. The Morgan fingerprint density at radius 3 is 2.26 bits per heavy atom. The molecular formula is C12H8F2N2O3. The molecule has 0 radical (unpaired) electrons. The van der Waals surface area contributed by atoms with Gasteiger partial charge < -0.3 is 4.98 Å². The largest absolute Gasteiger partial charge is 0.333 e. The molecule has 7 heteroatoms. The SMILES string of the molecule is CC(=O)c1c[nH]c(=O)n(-c2cc(F)cc(F)c2)c1=O. The third-order valence-corrected chi connectivity index (χ3v) is 2.46. The van der Waals surface area contributed by atoms with Crippen LogP contribution < -0.4 is 11.2 Å². The van der Waals surface area contributed by atoms with E-state index in [1.165, 1.54) is 0 Å². The second kappa shape index (κ2) is 4.60. The van der Waals surface area contributed by atoms with Gasteiger partial charge in [-0.25, -0.2) is 18.1 Å². The van der Waals surface area contributed by atoms with Gasteiger partial charge in [-0.15, -0.1) is 0 Å². The van der Waals surface area contributed by atoms with E-state index in [0.717, 1.165) is 25.3 Å². The molecule has 1 N–H and O–H groups in total. The van der Waals surface area contributed by atoms with E-state index in [1.54, 1.807) is 0 Å². The standard InChI is InChI=1S/C12H8F2N2O3/c1-6(17)10-5-15-12(19)16(11(10)18)9-3-7(13)2-8(14)4-9/h2-5H,1H3,(H,15,19). The van der Waals surface area contributed by atoms with Crippen molar-refractivity contribution in [3.63, 3.8) is 0 Å². The number of nitrogens with one attached hydrogen (secondary N) is 1. The molecule has 1 aromatic heterocycles. The quantitative estimate of drug-likeness (QED) is 0.824. The summed E-state index contributed by atoms with van der Waals surface area (Å²) >= 11 is 0. The molecule has 0 atom stereocenters. The van der Waals surface area contributed by atoms with Crippen molar-refractivity contribution in [2.45, 2.75) is 6.92 Å². The van der Waals surface area contributed by atoms with Crippen molar-refractivity contribution < 1.29 is 13.6 Å². The predicted molar refractivity (Wildman–Crippen MR) is 62.6 cm³/mol. The molecule has 19 heavy (non-hydrogen) atoms. The molecule has 0 spiro atoms. The second-order valence-corrected chi connectivity index (χ2v) is 3.83. The van der Waals surface area contributed by atoms with Gasteiger partial charge in [-0.3, -0.25) is 9.59 Å². The summed E-state index contributed by atoms with van der Waals surface area (Å²) in [4.78, 5) is 36.9. The number of halogens is 2. The van der Waals surface area contributed by atoms with E-state index in [4.69, 9.17) is 0 Å². The van der Waals surface area contributed by atoms with Crippen LogP contribution >= 0.6 is 0 Å².